The first-order valence-electron chi connectivity index (χ1n) is 7.47. The monoisotopic (exact) mass is 257 g/mol. The molecule has 0 atom stereocenters. The summed E-state index contributed by atoms with van der Waals surface area (Å²) in [4.78, 5) is 13.4. The number of likely N-dealkylation sites (N-methyl/N-ethyl adjacent to an activating group) is 1. The Kier molecular flexibility index (Phi) is 12.5. The Hall–Kier alpha value is -0.570. The summed E-state index contributed by atoms with van der Waals surface area (Å²) in [6.45, 7) is 3.56. The third-order valence-electron chi connectivity index (χ3n) is 3.04. The minimum Gasteiger partial charge on any atom is -0.464 e. The van der Waals surface area contributed by atoms with Crippen molar-refractivity contribution >= 4 is 5.97 Å². The minimum absolute atomic E-state index is 0.0390. The molecule has 0 radical (unpaired) electrons. The van der Waals surface area contributed by atoms with Gasteiger partial charge in [-0.25, -0.2) is 0 Å². The summed E-state index contributed by atoms with van der Waals surface area (Å²) in [7, 11) is 3.96. The van der Waals surface area contributed by atoms with E-state index in [9.17, 15) is 4.79 Å². The predicted octanol–water partition coefficient (Wildman–Crippen LogP) is 3.62. The molecule has 0 fully saturated rings. The molecule has 0 saturated carbocycles. The van der Waals surface area contributed by atoms with Crippen molar-refractivity contribution in [3.8, 4) is 0 Å². The van der Waals surface area contributed by atoms with Crippen molar-refractivity contribution in [2.45, 2.75) is 64.7 Å². The number of nitrogens with zero attached hydrogens (tertiary/aromatic N) is 1. The van der Waals surface area contributed by atoms with E-state index in [1.807, 2.05) is 19.0 Å². The van der Waals surface area contributed by atoms with Crippen LogP contribution in [0.4, 0.5) is 0 Å². The predicted molar refractivity (Wildman–Crippen MR) is 76.7 cm³/mol. The van der Waals surface area contributed by atoms with Crippen molar-refractivity contribution in [3.63, 3.8) is 0 Å². The zero-order valence-corrected chi connectivity index (χ0v) is 12.5. The summed E-state index contributed by atoms with van der Waals surface area (Å²) in [6, 6.07) is 0. The molecule has 0 N–H and O–H groups in total. The van der Waals surface area contributed by atoms with Crippen LogP contribution in [0.3, 0.4) is 0 Å². The number of esters is 1. The van der Waals surface area contributed by atoms with Crippen molar-refractivity contribution in [1.29, 1.82) is 0 Å². The second kappa shape index (κ2) is 12.9. The smallest absolute Gasteiger partial charge is 0.305 e. The van der Waals surface area contributed by atoms with Crippen molar-refractivity contribution in [1.82, 2.24) is 4.90 Å². The molecule has 0 bridgehead atoms. The summed E-state index contributed by atoms with van der Waals surface area (Å²) < 4.78 is 5.13. The van der Waals surface area contributed by atoms with E-state index in [0.717, 1.165) is 19.4 Å². The van der Waals surface area contributed by atoms with Gasteiger partial charge < -0.3 is 9.64 Å². The van der Waals surface area contributed by atoms with Crippen LogP contribution in [0.15, 0.2) is 0 Å². The zero-order valence-electron chi connectivity index (χ0n) is 12.5. The molecular formula is C15H31NO2. The molecule has 0 rings (SSSR count). The summed E-state index contributed by atoms with van der Waals surface area (Å²) in [5, 5.41) is 0. The first-order chi connectivity index (χ1) is 8.66. The summed E-state index contributed by atoms with van der Waals surface area (Å²) in [6.07, 6.45) is 10.7. The van der Waals surface area contributed by atoms with Crippen molar-refractivity contribution in [2.75, 3.05) is 27.2 Å². The van der Waals surface area contributed by atoms with Crippen LogP contribution in [0, 0.1) is 0 Å². The highest BCUT2D eigenvalue weighted by Crippen LogP contribution is 2.09. The molecule has 18 heavy (non-hydrogen) atoms. The largest absolute Gasteiger partial charge is 0.464 e. The Morgan fingerprint density at radius 2 is 1.50 bits per heavy atom. The average molecular weight is 257 g/mol. The molecule has 0 amide bonds. The molecule has 3 heteroatoms. The van der Waals surface area contributed by atoms with Crippen molar-refractivity contribution in [3.05, 3.63) is 0 Å². The van der Waals surface area contributed by atoms with Crippen LogP contribution >= 0.6 is 0 Å². The fourth-order valence-electron chi connectivity index (χ4n) is 1.82. The maximum atomic E-state index is 11.4. The molecule has 0 spiro atoms. The zero-order chi connectivity index (χ0) is 13.6. The van der Waals surface area contributed by atoms with E-state index in [1.54, 1.807) is 0 Å². The lowest BCUT2D eigenvalue weighted by molar-refractivity contribution is -0.144. The SMILES string of the molecule is CCCCCCCCCCC(=O)OCCN(C)C. The van der Waals surface area contributed by atoms with Crippen LogP contribution in [0.2, 0.25) is 0 Å². The number of rotatable bonds is 12. The fraction of sp³-hybridized carbons (Fsp3) is 0.933. The van der Waals surface area contributed by atoms with Crippen LogP contribution in [-0.2, 0) is 9.53 Å². The van der Waals surface area contributed by atoms with E-state index in [0.29, 0.717) is 13.0 Å². The van der Waals surface area contributed by atoms with E-state index in [-0.39, 0.29) is 5.97 Å². The Balaban J connectivity index is 3.15. The van der Waals surface area contributed by atoms with E-state index in [4.69, 9.17) is 4.74 Å². The van der Waals surface area contributed by atoms with Crippen LogP contribution in [0.1, 0.15) is 64.7 Å². The van der Waals surface area contributed by atoms with Gasteiger partial charge >= 0.3 is 5.97 Å². The van der Waals surface area contributed by atoms with Gasteiger partial charge in [0.1, 0.15) is 6.61 Å². The van der Waals surface area contributed by atoms with Gasteiger partial charge in [-0.2, -0.15) is 0 Å². The number of carbonyl (C=O) groups is 1. The number of hydrogen-bond acceptors (Lipinski definition) is 3. The summed E-state index contributed by atoms with van der Waals surface area (Å²) in [5.41, 5.74) is 0. The highest BCUT2D eigenvalue weighted by molar-refractivity contribution is 5.69. The number of ether oxygens (including phenoxy) is 1. The molecule has 0 aliphatic carbocycles. The Morgan fingerprint density at radius 3 is 2.06 bits per heavy atom. The van der Waals surface area contributed by atoms with E-state index < -0.39 is 0 Å². The fourth-order valence-corrected chi connectivity index (χ4v) is 1.82. The highest BCUT2D eigenvalue weighted by Gasteiger charge is 2.02. The van der Waals surface area contributed by atoms with Crippen LogP contribution in [0.5, 0.6) is 0 Å². The van der Waals surface area contributed by atoms with E-state index in [1.165, 1.54) is 38.5 Å². The Labute approximate surface area is 113 Å². The van der Waals surface area contributed by atoms with Crippen molar-refractivity contribution in [2.24, 2.45) is 0 Å². The molecule has 0 aromatic heterocycles. The van der Waals surface area contributed by atoms with Crippen LogP contribution < -0.4 is 0 Å². The quantitative estimate of drug-likeness (QED) is 0.395. The molecule has 0 aliphatic rings. The maximum Gasteiger partial charge on any atom is 0.305 e. The summed E-state index contributed by atoms with van der Waals surface area (Å²) >= 11 is 0. The lowest BCUT2D eigenvalue weighted by atomic mass is 10.1. The molecule has 0 unspecified atom stereocenters. The van der Waals surface area contributed by atoms with Gasteiger partial charge in [-0.15, -0.1) is 0 Å². The van der Waals surface area contributed by atoms with E-state index >= 15 is 0 Å². The molecule has 0 aliphatic heterocycles. The van der Waals surface area contributed by atoms with Gasteiger partial charge in [0, 0.05) is 13.0 Å². The summed E-state index contributed by atoms with van der Waals surface area (Å²) in [5.74, 6) is -0.0390. The second-order valence-electron chi connectivity index (χ2n) is 5.25. The first kappa shape index (κ1) is 17.4. The van der Waals surface area contributed by atoms with Gasteiger partial charge in [0.05, 0.1) is 0 Å². The molecule has 3 nitrogen and oxygen atoms in total. The van der Waals surface area contributed by atoms with Gasteiger partial charge in [-0.1, -0.05) is 51.9 Å². The highest BCUT2D eigenvalue weighted by atomic mass is 16.5. The normalized spacial score (nSPS) is 10.9. The molecule has 0 saturated heterocycles. The molecule has 108 valence electrons. The van der Waals surface area contributed by atoms with Gasteiger partial charge in [0.25, 0.3) is 0 Å². The average Bonchev–Trinajstić information content (AvgIpc) is 2.32. The Bertz CT molecular complexity index is 193. The molecular weight excluding hydrogens is 226 g/mol. The third kappa shape index (κ3) is 13.5. The molecule has 0 heterocycles. The first-order valence-corrected chi connectivity index (χ1v) is 7.47. The van der Waals surface area contributed by atoms with E-state index in [2.05, 4.69) is 6.92 Å². The second-order valence-corrected chi connectivity index (χ2v) is 5.25. The number of hydrogen-bond donors (Lipinski definition) is 0. The van der Waals surface area contributed by atoms with Crippen molar-refractivity contribution < 1.29 is 9.53 Å². The lowest BCUT2D eigenvalue weighted by Crippen LogP contribution is -2.20. The van der Waals surface area contributed by atoms with Gasteiger partial charge in [-0.3, -0.25) is 4.79 Å². The third-order valence-corrected chi connectivity index (χ3v) is 3.04. The van der Waals surface area contributed by atoms with Gasteiger partial charge in [0.15, 0.2) is 0 Å². The number of unbranched alkanes of at least 4 members (excludes halogenated alkanes) is 7. The minimum atomic E-state index is -0.0390. The molecule has 0 aromatic rings. The topological polar surface area (TPSA) is 29.5 Å². The van der Waals surface area contributed by atoms with Gasteiger partial charge in [-0.05, 0) is 20.5 Å². The lowest BCUT2D eigenvalue weighted by Gasteiger charge is -2.09. The number of carbonyl (C=O) groups excluding carboxylic acids is 1. The standard InChI is InChI=1S/C15H31NO2/c1-4-5-6-7-8-9-10-11-12-15(17)18-14-13-16(2)3/h4-14H2,1-3H3. The van der Waals surface area contributed by atoms with Crippen LogP contribution in [-0.4, -0.2) is 38.1 Å². The maximum absolute atomic E-state index is 11.4. The van der Waals surface area contributed by atoms with Crippen LogP contribution in [0.25, 0.3) is 0 Å². The Morgan fingerprint density at radius 1 is 0.944 bits per heavy atom. The van der Waals surface area contributed by atoms with Gasteiger partial charge in [0.2, 0.25) is 0 Å². The molecule has 0 aromatic carbocycles.